The van der Waals surface area contributed by atoms with E-state index < -0.39 is 11.9 Å². The van der Waals surface area contributed by atoms with Crippen LogP contribution in [0, 0.1) is 11.3 Å². The zero-order valence-corrected chi connectivity index (χ0v) is 9.95. The van der Waals surface area contributed by atoms with E-state index in [9.17, 15) is 9.59 Å². The quantitative estimate of drug-likeness (QED) is 0.346. The molecule has 0 aromatic rings. The largest absolute Gasteiger partial charge is 0.365 e. The Morgan fingerprint density at radius 1 is 1.35 bits per heavy atom. The van der Waals surface area contributed by atoms with Crippen LogP contribution in [0.5, 0.6) is 0 Å². The van der Waals surface area contributed by atoms with Gasteiger partial charge in [-0.3, -0.25) is 4.79 Å². The number of nitriles is 1. The molecule has 0 radical (unpaired) electrons. The van der Waals surface area contributed by atoms with Gasteiger partial charge < -0.3 is 16.4 Å². The number of primary amides is 1. The molecule has 6 nitrogen and oxygen atoms in total. The van der Waals surface area contributed by atoms with Gasteiger partial charge in [-0.15, -0.1) is 0 Å². The van der Waals surface area contributed by atoms with Gasteiger partial charge in [-0.05, 0) is 6.42 Å². The highest BCUT2D eigenvalue weighted by atomic mass is 16.2. The van der Waals surface area contributed by atoms with E-state index in [4.69, 9.17) is 11.0 Å². The van der Waals surface area contributed by atoms with Crippen molar-refractivity contribution in [1.29, 1.82) is 5.26 Å². The summed E-state index contributed by atoms with van der Waals surface area (Å²) in [7, 11) is 0. The second-order valence-corrected chi connectivity index (χ2v) is 3.49. The molecule has 0 aliphatic carbocycles. The number of hydrogen-bond acceptors (Lipinski definition) is 3. The molecule has 0 spiro atoms. The molecule has 0 saturated carbocycles. The Balaban J connectivity index is 3.80. The van der Waals surface area contributed by atoms with Gasteiger partial charge in [0.1, 0.15) is 11.6 Å². The van der Waals surface area contributed by atoms with E-state index in [1.54, 1.807) is 6.07 Å². The first-order valence-corrected chi connectivity index (χ1v) is 5.56. The maximum atomic E-state index is 11.2. The Hall–Kier alpha value is -2.03. The van der Waals surface area contributed by atoms with Crippen molar-refractivity contribution in [2.75, 3.05) is 6.54 Å². The minimum absolute atomic E-state index is 0.286. The molecule has 0 rings (SSSR count). The van der Waals surface area contributed by atoms with Gasteiger partial charge in [0.2, 0.25) is 0 Å². The number of urea groups is 1. The lowest BCUT2D eigenvalue weighted by atomic mass is 10.2. The van der Waals surface area contributed by atoms with E-state index >= 15 is 0 Å². The fraction of sp³-hybridized carbons (Fsp3) is 0.545. The van der Waals surface area contributed by atoms with Gasteiger partial charge in [-0.25, -0.2) is 4.79 Å². The first-order chi connectivity index (χ1) is 8.11. The third-order valence-electron chi connectivity index (χ3n) is 2.05. The van der Waals surface area contributed by atoms with E-state index in [1.807, 2.05) is 0 Å². The molecule has 0 saturated heterocycles. The number of carbonyl (C=O) groups excluding carboxylic acids is 2. The van der Waals surface area contributed by atoms with E-state index in [1.165, 1.54) is 0 Å². The third-order valence-corrected chi connectivity index (χ3v) is 2.05. The SMILES string of the molecule is CCCCCCNC(=O)N/C=C(\C#N)C(N)=O. The van der Waals surface area contributed by atoms with Crippen LogP contribution in [0.3, 0.4) is 0 Å². The molecular weight excluding hydrogens is 220 g/mol. The molecule has 0 bridgehead atoms. The standard InChI is InChI=1S/C11H18N4O2/c1-2-3-4-5-6-14-11(17)15-8-9(7-12)10(13)16/h8H,2-6H2,1H3,(H2,13,16)(H2,14,15,17)/b9-8+. The normalized spacial score (nSPS) is 10.5. The highest BCUT2D eigenvalue weighted by molar-refractivity contribution is 5.96. The number of rotatable bonds is 7. The van der Waals surface area contributed by atoms with Gasteiger partial charge in [-0.2, -0.15) is 5.26 Å². The summed E-state index contributed by atoms with van der Waals surface area (Å²) >= 11 is 0. The number of nitrogens with two attached hydrogens (primary N) is 1. The zero-order valence-electron chi connectivity index (χ0n) is 9.95. The van der Waals surface area contributed by atoms with Crippen molar-refractivity contribution in [2.24, 2.45) is 5.73 Å². The summed E-state index contributed by atoms with van der Waals surface area (Å²) in [5.41, 5.74) is 4.60. The van der Waals surface area contributed by atoms with Crippen LogP contribution in [0.15, 0.2) is 11.8 Å². The summed E-state index contributed by atoms with van der Waals surface area (Å²) in [4.78, 5) is 21.8. The number of carbonyl (C=O) groups is 2. The monoisotopic (exact) mass is 238 g/mol. The van der Waals surface area contributed by atoms with Crippen molar-refractivity contribution in [3.05, 3.63) is 11.8 Å². The summed E-state index contributed by atoms with van der Waals surface area (Å²) < 4.78 is 0. The Labute approximate surface area is 101 Å². The van der Waals surface area contributed by atoms with Gasteiger partial charge >= 0.3 is 6.03 Å². The van der Waals surface area contributed by atoms with E-state index in [-0.39, 0.29) is 5.57 Å². The van der Waals surface area contributed by atoms with E-state index in [0.29, 0.717) is 6.54 Å². The number of nitrogens with zero attached hydrogens (tertiary/aromatic N) is 1. The molecule has 0 unspecified atom stereocenters. The molecule has 0 fully saturated rings. The van der Waals surface area contributed by atoms with Crippen molar-refractivity contribution in [2.45, 2.75) is 32.6 Å². The second-order valence-electron chi connectivity index (χ2n) is 3.49. The minimum atomic E-state index is -0.865. The average molecular weight is 238 g/mol. The molecule has 0 aromatic carbocycles. The van der Waals surface area contributed by atoms with Crippen LogP contribution in [0.2, 0.25) is 0 Å². The minimum Gasteiger partial charge on any atom is -0.365 e. The van der Waals surface area contributed by atoms with E-state index in [0.717, 1.165) is 31.9 Å². The summed E-state index contributed by atoms with van der Waals surface area (Å²) in [6.07, 6.45) is 5.26. The molecule has 0 atom stereocenters. The van der Waals surface area contributed by atoms with Gasteiger partial charge in [0.25, 0.3) is 5.91 Å². The predicted octanol–water partition coefficient (Wildman–Crippen LogP) is 0.759. The van der Waals surface area contributed by atoms with Crippen LogP contribution in [0.25, 0.3) is 0 Å². The smallest absolute Gasteiger partial charge is 0.318 e. The highest BCUT2D eigenvalue weighted by Gasteiger charge is 2.03. The molecule has 3 amide bonds. The number of unbranched alkanes of at least 4 members (excludes halogenated alkanes) is 3. The van der Waals surface area contributed by atoms with Crippen LogP contribution in [0.1, 0.15) is 32.6 Å². The summed E-state index contributed by atoms with van der Waals surface area (Å²) in [5, 5.41) is 13.4. The lowest BCUT2D eigenvalue weighted by Gasteiger charge is -2.04. The molecule has 0 heterocycles. The van der Waals surface area contributed by atoms with E-state index in [2.05, 4.69) is 17.6 Å². The molecule has 0 aromatic heterocycles. The molecular formula is C11H18N4O2. The topological polar surface area (TPSA) is 108 Å². The van der Waals surface area contributed by atoms with Crippen LogP contribution in [0.4, 0.5) is 4.79 Å². The number of nitrogens with one attached hydrogen (secondary N) is 2. The molecule has 4 N–H and O–H groups in total. The molecule has 6 heteroatoms. The third kappa shape index (κ3) is 7.85. The lowest BCUT2D eigenvalue weighted by Crippen LogP contribution is -2.33. The molecule has 17 heavy (non-hydrogen) atoms. The predicted molar refractivity (Wildman–Crippen MR) is 63.6 cm³/mol. The first-order valence-electron chi connectivity index (χ1n) is 5.56. The summed E-state index contributed by atoms with van der Waals surface area (Å²) in [5.74, 6) is -0.865. The Morgan fingerprint density at radius 2 is 2.06 bits per heavy atom. The van der Waals surface area contributed by atoms with Gasteiger partial charge in [0.05, 0.1) is 0 Å². The average Bonchev–Trinajstić information content (AvgIpc) is 2.29. The maximum absolute atomic E-state index is 11.2. The molecule has 94 valence electrons. The van der Waals surface area contributed by atoms with Crippen LogP contribution < -0.4 is 16.4 Å². The van der Waals surface area contributed by atoms with Gasteiger partial charge in [0, 0.05) is 12.7 Å². The van der Waals surface area contributed by atoms with Crippen molar-refractivity contribution in [3.63, 3.8) is 0 Å². The fourth-order valence-corrected chi connectivity index (χ4v) is 1.10. The Kier molecular flexibility index (Phi) is 8.11. The van der Waals surface area contributed by atoms with Crippen molar-refractivity contribution < 1.29 is 9.59 Å². The molecule has 0 aliphatic heterocycles. The zero-order chi connectivity index (χ0) is 13.1. The lowest BCUT2D eigenvalue weighted by molar-refractivity contribution is -0.114. The summed E-state index contributed by atoms with van der Waals surface area (Å²) in [6, 6.07) is 1.14. The van der Waals surface area contributed by atoms with Gasteiger partial charge in [0.15, 0.2) is 0 Å². The first kappa shape index (κ1) is 15.0. The Bertz CT molecular complexity index is 331. The maximum Gasteiger partial charge on any atom is 0.318 e. The van der Waals surface area contributed by atoms with Crippen LogP contribution >= 0.6 is 0 Å². The molecule has 0 aliphatic rings. The van der Waals surface area contributed by atoms with Crippen LogP contribution in [-0.2, 0) is 4.79 Å². The van der Waals surface area contributed by atoms with Crippen molar-refractivity contribution in [1.82, 2.24) is 10.6 Å². The van der Waals surface area contributed by atoms with Crippen molar-refractivity contribution >= 4 is 11.9 Å². The Morgan fingerprint density at radius 3 is 2.59 bits per heavy atom. The number of amides is 3. The fourth-order valence-electron chi connectivity index (χ4n) is 1.10. The van der Waals surface area contributed by atoms with Gasteiger partial charge in [-0.1, -0.05) is 26.2 Å². The van der Waals surface area contributed by atoms with Crippen molar-refractivity contribution in [3.8, 4) is 6.07 Å². The highest BCUT2D eigenvalue weighted by Crippen LogP contribution is 1.96. The summed E-state index contributed by atoms with van der Waals surface area (Å²) in [6.45, 7) is 2.68. The number of hydrogen-bond donors (Lipinski definition) is 3. The second kappa shape index (κ2) is 9.21. The van der Waals surface area contributed by atoms with Crippen LogP contribution in [-0.4, -0.2) is 18.5 Å².